The van der Waals surface area contributed by atoms with Gasteiger partial charge in [0.05, 0.1) is 17.2 Å². The number of rotatable bonds is 6. The second kappa shape index (κ2) is 7.57. The van der Waals surface area contributed by atoms with Crippen LogP contribution in [-0.4, -0.2) is 11.7 Å². The van der Waals surface area contributed by atoms with Gasteiger partial charge in [-0.15, -0.1) is 0 Å². The summed E-state index contributed by atoms with van der Waals surface area (Å²) in [5, 5.41) is 10.3. The van der Waals surface area contributed by atoms with Crippen molar-refractivity contribution >= 4 is 15.9 Å². The largest absolute Gasteiger partial charge is 0.492 e. The van der Waals surface area contributed by atoms with E-state index in [2.05, 4.69) is 22.9 Å². The first-order chi connectivity index (χ1) is 10.1. The quantitative estimate of drug-likeness (QED) is 0.819. The van der Waals surface area contributed by atoms with Gasteiger partial charge in [0.25, 0.3) is 0 Å². The Morgan fingerprint density at radius 2 is 1.90 bits per heavy atom. The lowest BCUT2D eigenvalue weighted by Gasteiger charge is -2.14. The Hall–Kier alpha value is -1.39. The number of aliphatic hydroxyl groups is 1. The van der Waals surface area contributed by atoms with E-state index in [0.717, 1.165) is 27.8 Å². The van der Waals surface area contributed by atoms with Crippen LogP contribution in [0.25, 0.3) is 0 Å². The molecule has 1 unspecified atom stereocenters. The second-order valence-electron chi connectivity index (χ2n) is 4.88. The molecule has 0 spiro atoms. The highest BCUT2D eigenvalue weighted by atomic mass is 79.9. The van der Waals surface area contributed by atoms with E-state index in [9.17, 15) is 9.50 Å². The van der Waals surface area contributed by atoms with Crippen molar-refractivity contribution < 1.29 is 14.2 Å². The van der Waals surface area contributed by atoms with Crippen molar-refractivity contribution in [2.24, 2.45) is 0 Å². The zero-order valence-electron chi connectivity index (χ0n) is 11.9. The molecule has 0 bridgehead atoms. The predicted octanol–water partition coefficient (Wildman–Crippen LogP) is 4.65. The molecule has 112 valence electrons. The van der Waals surface area contributed by atoms with Crippen molar-refractivity contribution in [2.45, 2.75) is 25.9 Å². The molecule has 2 aromatic rings. The first kappa shape index (κ1) is 16.0. The third-order valence-electron chi connectivity index (χ3n) is 3.14. The summed E-state index contributed by atoms with van der Waals surface area (Å²) in [6.45, 7) is 2.71. The number of hydrogen-bond acceptors (Lipinski definition) is 2. The van der Waals surface area contributed by atoms with Gasteiger partial charge in [-0.05, 0) is 57.7 Å². The number of halogens is 2. The molecule has 0 fully saturated rings. The third-order valence-corrected chi connectivity index (χ3v) is 3.76. The molecule has 2 rings (SSSR count). The summed E-state index contributed by atoms with van der Waals surface area (Å²) in [5.74, 6) is 0.503. The number of benzene rings is 2. The van der Waals surface area contributed by atoms with Crippen molar-refractivity contribution in [3.8, 4) is 5.75 Å². The summed E-state index contributed by atoms with van der Waals surface area (Å²) < 4.78 is 19.3. The Balaban J connectivity index is 2.06. The van der Waals surface area contributed by atoms with Crippen LogP contribution in [0.2, 0.25) is 0 Å². The van der Waals surface area contributed by atoms with Crippen LogP contribution in [0.3, 0.4) is 0 Å². The van der Waals surface area contributed by atoms with E-state index in [4.69, 9.17) is 4.74 Å². The molecule has 0 aromatic heterocycles. The van der Waals surface area contributed by atoms with Gasteiger partial charge in [-0.1, -0.05) is 25.1 Å². The minimum Gasteiger partial charge on any atom is -0.492 e. The van der Waals surface area contributed by atoms with E-state index in [-0.39, 0.29) is 5.82 Å². The van der Waals surface area contributed by atoms with Gasteiger partial charge in [0.2, 0.25) is 0 Å². The van der Waals surface area contributed by atoms with Crippen LogP contribution in [0.15, 0.2) is 46.9 Å². The van der Waals surface area contributed by atoms with Gasteiger partial charge in [-0.2, -0.15) is 0 Å². The van der Waals surface area contributed by atoms with Gasteiger partial charge >= 0.3 is 0 Å². The van der Waals surface area contributed by atoms with Gasteiger partial charge < -0.3 is 9.84 Å². The van der Waals surface area contributed by atoms with Gasteiger partial charge in [0.15, 0.2) is 0 Å². The number of hydrogen-bond donors (Lipinski definition) is 1. The molecule has 0 heterocycles. The van der Waals surface area contributed by atoms with Crippen LogP contribution in [0.4, 0.5) is 4.39 Å². The Morgan fingerprint density at radius 1 is 1.19 bits per heavy atom. The van der Waals surface area contributed by atoms with Crippen LogP contribution in [0.1, 0.15) is 30.6 Å². The van der Waals surface area contributed by atoms with Crippen molar-refractivity contribution in [2.75, 3.05) is 6.61 Å². The maximum atomic E-state index is 12.9. The predicted molar refractivity (Wildman–Crippen MR) is 85.0 cm³/mol. The Morgan fingerprint density at radius 3 is 2.52 bits per heavy atom. The molecule has 0 amide bonds. The van der Waals surface area contributed by atoms with Crippen LogP contribution in [0, 0.1) is 5.82 Å². The fourth-order valence-corrected chi connectivity index (χ4v) is 2.53. The minimum absolute atomic E-state index is 0.270. The van der Waals surface area contributed by atoms with E-state index < -0.39 is 6.10 Å². The third kappa shape index (κ3) is 4.55. The molecule has 1 N–H and O–H groups in total. The summed E-state index contributed by atoms with van der Waals surface area (Å²) in [6, 6.07) is 11.7. The van der Waals surface area contributed by atoms with Crippen molar-refractivity contribution in [3.05, 3.63) is 63.9 Å². The van der Waals surface area contributed by atoms with Crippen molar-refractivity contribution in [1.29, 1.82) is 0 Å². The SMILES string of the molecule is CCCOc1ccc(C(O)Cc2ccc(F)cc2)cc1Br. The van der Waals surface area contributed by atoms with Crippen LogP contribution in [-0.2, 0) is 6.42 Å². The average molecular weight is 353 g/mol. The number of ether oxygens (including phenoxy) is 1. The van der Waals surface area contributed by atoms with Gasteiger partial charge in [-0.25, -0.2) is 4.39 Å². The first-order valence-electron chi connectivity index (χ1n) is 6.95. The molecular weight excluding hydrogens is 335 g/mol. The smallest absolute Gasteiger partial charge is 0.133 e. The summed E-state index contributed by atoms with van der Waals surface area (Å²) in [6.07, 6.45) is 0.760. The standard InChI is InChI=1S/C17H18BrFO2/c1-2-9-21-17-8-5-13(11-15(17)18)16(20)10-12-3-6-14(19)7-4-12/h3-8,11,16,20H,2,9-10H2,1H3. The van der Waals surface area contributed by atoms with E-state index in [1.807, 2.05) is 18.2 Å². The fourth-order valence-electron chi connectivity index (χ4n) is 2.02. The topological polar surface area (TPSA) is 29.5 Å². The second-order valence-corrected chi connectivity index (χ2v) is 5.74. The highest BCUT2D eigenvalue weighted by molar-refractivity contribution is 9.10. The van der Waals surface area contributed by atoms with Crippen molar-refractivity contribution in [1.82, 2.24) is 0 Å². The van der Waals surface area contributed by atoms with Gasteiger partial charge in [-0.3, -0.25) is 0 Å². The lowest BCUT2D eigenvalue weighted by molar-refractivity contribution is 0.178. The van der Waals surface area contributed by atoms with Crippen LogP contribution in [0.5, 0.6) is 5.75 Å². The summed E-state index contributed by atoms with van der Waals surface area (Å²) >= 11 is 3.45. The van der Waals surface area contributed by atoms with E-state index in [1.54, 1.807) is 12.1 Å². The van der Waals surface area contributed by atoms with Gasteiger partial charge in [0, 0.05) is 6.42 Å². The average Bonchev–Trinajstić information content (AvgIpc) is 2.48. The molecule has 0 aliphatic rings. The highest BCUT2D eigenvalue weighted by Gasteiger charge is 2.11. The molecule has 0 saturated heterocycles. The summed E-state index contributed by atoms with van der Waals surface area (Å²) in [4.78, 5) is 0. The van der Waals surface area contributed by atoms with E-state index in [0.29, 0.717) is 13.0 Å². The minimum atomic E-state index is -0.632. The van der Waals surface area contributed by atoms with E-state index in [1.165, 1.54) is 12.1 Å². The fraction of sp³-hybridized carbons (Fsp3) is 0.294. The maximum Gasteiger partial charge on any atom is 0.133 e. The molecule has 21 heavy (non-hydrogen) atoms. The normalized spacial score (nSPS) is 12.2. The number of aliphatic hydroxyl groups excluding tert-OH is 1. The Labute approximate surface area is 132 Å². The van der Waals surface area contributed by atoms with Crippen LogP contribution >= 0.6 is 15.9 Å². The molecule has 0 radical (unpaired) electrons. The molecule has 2 aromatic carbocycles. The maximum absolute atomic E-state index is 12.9. The Kier molecular flexibility index (Phi) is 5.76. The molecule has 1 atom stereocenters. The molecule has 0 aliphatic carbocycles. The van der Waals surface area contributed by atoms with E-state index >= 15 is 0 Å². The molecule has 2 nitrogen and oxygen atoms in total. The van der Waals surface area contributed by atoms with Crippen LogP contribution < -0.4 is 4.74 Å². The zero-order chi connectivity index (χ0) is 15.2. The molecular formula is C17H18BrFO2. The van der Waals surface area contributed by atoms with Gasteiger partial charge in [0.1, 0.15) is 11.6 Å². The molecule has 0 saturated carbocycles. The zero-order valence-corrected chi connectivity index (χ0v) is 13.4. The monoisotopic (exact) mass is 352 g/mol. The lowest BCUT2D eigenvalue weighted by Crippen LogP contribution is -2.03. The summed E-state index contributed by atoms with van der Waals surface area (Å²) in [5.41, 5.74) is 1.70. The molecule has 4 heteroatoms. The molecule has 0 aliphatic heterocycles. The van der Waals surface area contributed by atoms with Crippen molar-refractivity contribution in [3.63, 3.8) is 0 Å². The first-order valence-corrected chi connectivity index (χ1v) is 7.74. The Bertz CT molecular complexity index is 584. The summed E-state index contributed by atoms with van der Waals surface area (Å²) in [7, 11) is 0. The highest BCUT2D eigenvalue weighted by Crippen LogP contribution is 2.29. The lowest BCUT2D eigenvalue weighted by atomic mass is 10.0.